The molecule has 84 valence electrons. The van der Waals surface area contributed by atoms with E-state index >= 15 is 0 Å². The minimum Gasteiger partial charge on any atom is -0.389 e. The van der Waals surface area contributed by atoms with Gasteiger partial charge >= 0.3 is 0 Å². The van der Waals surface area contributed by atoms with E-state index < -0.39 is 5.60 Å². The van der Waals surface area contributed by atoms with Gasteiger partial charge in [-0.05, 0) is 52.6 Å². The third kappa shape index (κ3) is 3.56. The Morgan fingerprint density at radius 1 is 1.57 bits per heavy atom. The molecular weight excluding hydrogens is 176 g/mol. The van der Waals surface area contributed by atoms with Crippen molar-refractivity contribution in [3.05, 3.63) is 0 Å². The minimum atomic E-state index is -0.664. The molecule has 0 amide bonds. The number of likely N-dealkylation sites (tertiary alicyclic amines) is 1. The molecule has 0 radical (unpaired) electrons. The average molecular weight is 200 g/mol. The second kappa shape index (κ2) is 5.10. The largest absolute Gasteiger partial charge is 0.389 e. The predicted octanol–water partition coefficient (Wildman–Crippen LogP) is 0.961. The van der Waals surface area contributed by atoms with Crippen LogP contribution in [0.5, 0.6) is 0 Å². The molecule has 2 atom stereocenters. The Hall–Kier alpha value is -0.120. The molecule has 14 heavy (non-hydrogen) atoms. The van der Waals surface area contributed by atoms with Crippen LogP contribution >= 0.6 is 0 Å². The van der Waals surface area contributed by atoms with E-state index in [4.69, 9.17) is 5.73 Å². The Bertz CT molecular complexity index is 171. The van der Waals surface area contributed by atoms with E-state index in [1.165, 1.54) is 19.4 Å². The quantitative estimate of drug-likeness (QED) is 0.695. The minimum absolute atomic E-state index is 0.364. The zero-order valence-corrected chi connectivity index (χ0v) is 9.50. The molecule has 1 aliphatic heterocycles. The molecule has 0 bridgehead atoms. The van der Waals surface area contributed by atoms with Gasteiger partial charge in [-0.2, -0.15) is 0 Å². The van der Waals surface area contributed by atoms with Crippen LogP contribution in [0.4, 0.5) is 0 Å². The zero-order chi connectivity index (χ0) is 10.6. The van der Waals surface area contributed by atoms with Gasteiger partial charge in [0, 0.05) is 12.6 Å². The summed E-state index contributed by atoms with van der Waals surface area (Å²) in [5, 5.41) is 9.72. The van der Waals surface area contributed by atoms with Crippen LogP contribution in [-0.4, -0.2) is 41.3 Å². The number of nitrogens with zero attached hydrogens (tertiary/aromatic N) is 1. The van der Waals surface area contributed by atoms with E-state index in [0.29, 0.717) is 6.54 Å². The SMILES string of the molecule is CC1CCCN1CCCC(C)(O)CN. The van der Waals surface area contributed by atoms with Crippen LogP contribution in [0.1, 0.15) is 39.5 Å². The first-order valence-corrected chi connectivity index (χ1v) is 5.72. The molecule has 3 nitrogen and oxygen atoms in total. The van der Waals surface area contributed by atoms with Gasteiger partial charge in [0.1, 0.15) is 0 Å². The smallest absolute Gasteiger partial charge is 0.0741 e. The van der Waals surface area contributed by atoms with Crippen molar-refractivity contribution < 1.29 is 5.11 Å². The van der Waals surface area contributed by atoms with E-state index in [2.05, 4.69) is 11.8 Å². The second-order valence-electron chi connectivity index (χ2n) is 4.83. The summed E-state index contributed by atoms with van der Waals surface area (Å²) in [6.07, 6.45) is 4.52. The van der Waals surface area contributed by atoms with Gasteiger partial charge in [0.05, 0.1) is 5.60 Å². The summed E-state index contributed by atoms with van der Waals surface area (Å²) in [6.45, 7) is 6.81. The first kappa shape index (κ1) is 12.0. The number of aliphatic hydroxyl groups is 1. The van der Waals surface area contributed by atoms with Crippen LogP contribution in [0.3, 0.4) is 0 Å². The maximum Gasteiger partial charge on any atom is 0.0741 e. The zero-order valence-electron chi connectivity index (χ0n) is 9.50. The summed E-state index contributed by atoms with van der Waals surface area (Å²) in [4.78, 5) is 2.51. The Kier molecular flexibility index (Phi) is 4.35. The molecule has 0 aromatic carbocycles. The maximum atomic E-state index is 9.72. The van der Waals surface area contributed by atoms with Gasteiger partial charge in [-0.15, -0.1) is 0 Å². The Morgan fingerprint density at radius 3 is 2.79 bits per heavy atom. The van der Waals surface area contributed by atoms with Gasteiger partial charge in [-0.1, -0.05) is 0 Å². The van der Waals surface area contributed by atoms with E-state index in [-0.39, 0.29) is 0 Å². The van der Waals surface area contributed by atoms with Crippen LogP contribution in [0.25, 0.3) is 0 Å². The van der Waals surface area contributed by atoms with Crippen molar-refractivity contribution in [1.29, 1.82) is 0 Å². The van der Waals surface area contributed by atoms with E-state index in [1.54, 1.807) is 0 Å². The van der Waals surface area contributed by atoms with Crippen LogP contribution < -0.4 is 5.73 Å². The molecule has 3 N–H and O–H groups in total. The van der Waals surface area contributed by atoms with Crippen molar-refractivity contribution in [3.63, 3.8) is 0 Å². The molecule has 0 aromatic heterocycles. The molecule has 1 rings (SSSR count). The summed E-state index contributed by atoms with van der Waals surface area (Å²) < 4.78 is 0. The summed E-state index contributed by atoms with van der Waals surface area (Å²) in [5.74, 6) is 0. The first-order valence-electron chi connectivity index (χ1n) is 5.72. The van der Waals surface area contributed by atoms with Gasteiger partial charge in [-0.25, -0.2) is 0 Å². The fraction of sp³-hybridized carbons (Fsp3) is 1.00. The third-order valence-corrected chi connectivity index (χ3v) is 3.29. The van der Waals surface area contributed by atoms with Crippen molar-refractivity contribution >= 4 is 0 Å². The van der Waals surface area contributed by atoms with Crippen LogP contribution in [0.15, 0.2) is 0 Å². The van der Waals surface area contributed by atoms with E-state index in [1.807, 2.05) is 6.92 Å². The van der Waals surface area contributed by atoms with Crippen molar-refractivity contribution in [2.24, 2.45) is 5.73 Å². The molecule has 1 heterocycles. The monoisotopic (exact) mass is 200 g/mol. The van der Waals surface area contributed by atoms with Crippen molar-refractivity contribution in [1.82, 2.24) is 4.90 Å². The maximum absolute atomic E-state index is 9.72. The second-order valence-corrected chi connectivity index (χ2v) is 4.83. The number of hydrogen-bond donors (Lipinski definition) is 2. The Morgan fingerprint density at radius 2 is 2.29 bits per heavy atom. The lowest BCUT2D eigenvalue weighted by Gasteiger charge is -2.25. The average Bonchev–Trinajstić information content (AvgIpc) is 2.52. The van der Waals surface area contributed by atoms with E-state index in [0.717, 1.165) is 25.4 Å². The lowest BCUT2D eigenvalue weighted by atomic mass is 10.0. The highest BCUT2D eigenvalue weighted by atomic mass is 16.3. The van der Waals surface area contributed by atoms with Crippen LogP contribution in [0, 0.1) is 0 Å². The highest BCUT2D eigenvalue weighted by Gasteiger charge is 2.22. The summed E-state index contributed by atoms with van der Waals surface area (Å²) >= 11 is 0. The van der Waals surface area contributed by atoms with Gasteiger partial charge in [0.2, 0.25) is 0 Å². The third-order valence-electron chi connectivity index (χ3n) is 3.29. The molecule has 1 saturated heterocycles. The molecule has 3 heteroatoms. The van der Waals surface area contributed by atoms with Gasteiger partial charge in [0.15, 0.2) is 0 Å². The normalized spacial score (nSPS) is 27.9. The van der Waals surface area contributed by atoms with Crippen molar-refractivity contribution in [3.8, 4) is 0 Å². The molecule has 2 unspecified atom stereocenters. The number of nitrogens with two attached hydrogens (primary N) is 1. The highest BCUT2D eigenvalue weighted by molar-refractivity contribution is 4.78. The van der Waals surface area contributed by atoms with Crippen molar-refractivity contribution in [2.45, 2.75) is 51.2 Å². The molecule has 1 fully saturated rings. The Labute approximate surface area is 87.3 Å². The van der Waals surface area contributed by atoms with E-state index in [9.17, 15) is 5.11 Å². The topological polar surface area (TPSA) is 49.5 Å². The standard InChI is InChI=1S/C11H24N2O/c1-10-5-3-7-13(10)8-4-6-11(2,14)9-12/h10,14H,3-9,12H2,1-2H3. The molecule has 0 aromatic rings. The Balaban J connectivity index is 2.15. The molecule has 0 aliphatic carbocycles. The predicted molar refractivity (Wildman–Crippen MR) is 59.2 cm³/mol. The highest BCUT2D eigenvalue weighted by Crippen LogP contribution is 2.18. The molecule has 0 spiro atoms. The lowest BCUT2D eigenvalue weighted by molar-refractivity contribution is 0.0541. The van der Waals surface area contributed by atoms with Gasteiger partial charge in [0.25, 0.3) is 0 Å². The first-order chi connectivity index (χ1) is 6.55. The fourth-order valence-corrected chi connectivity index (χ4v) is 2.09. The van der Waals surface area contributed by atoms with Crippen LogP contribution in [0.2, 0.25) is 0 Å². The van der Waals surface area contributed by atoms with Gasteiger partial charge < -0.3 is 15.7 Å². The molecular formula is C11H24N2O. The summed E-state index contributed by atoms with van der Waals surface area (Å²) in [6, 6.07) is 0.734. The fourth-order valence-electron chi connectivity index (χ4n) is 2.09. The molecule has 0 saturated carbocycles. The summed E-state index contributed by atoms with van der Waals surface area (Å²) in [7, 11) is 0. The number of rotatable bonds is 5. The lowest BCUT2D eigenvalue weighted by Crippen LogP contribution is -2.36. The van der Waals surface area contributed by atoms with Gasteiger partial charge in [-0.3, -0.25) is 0 Å². The summed E-state index contributed by atoms with van der Waals surface area (Å²) in [5.41, 5.74) is 4.80. The van der Waals surface area contributed by atoms with Crippen molar-refractivity contribution in [2.75, 3.05) is 19.6 Å². The van der Waals surface area contributed by atoms with Crippen LogP contribution in [-0.2, 0) is 0 Å². The number of hydrogen-bond acceptors (Lipinski definition) is 3. The molecule has 1 aliphatic rings.